The minimum absolute atomic E-state index is 0.0210. The average Bonchev–Trinajstić information content (AvgIpc) is 2.64. The van der Waals surface area contributed by atoms with Crippen molar-refractivity contribution >= 4 is 40.5 Å². The number of amides is 1. The lowest BCUT2D eigenvalue weighted by atomic mass is 10.2. The Morgan fingerprint density at radius 3 is 2.54 bits per heavy atom. The highest BCUT2D eigenvalue weighted by atomic mass is 35.5. The van der Waals surface area contributed by atoms with Gasteiger partial charge >= 0.3 is 0 Å². The Morgan fingerprint density at radius 2 is 1.81 bits per heavy atom. The van der Waals surface area contributed by atoms with Crippen molar-refractivity contribution in [3.8, 4) is 0 Å². The molecular weight excluding hydrogens is 369 g/mol. The molecule has 1 saturated heterocycles. The first-order valence-corrected chi connectivity index (χ1v) is 9.56. The predicted octanol–water partition coefficient (Wildman–Crippen LogP) is 4.45. The van der Waals surface area contributed by atoms with Crippen LogP contribution < -0.4 is 10.2 Å². The Labute approximate surface area is 164 Å². The van der Waals surface area contributed by atoms with E-state index in [1.807, 2.05) is 43.3 Å². The van der Waals surface area contributed by atoms with Crippen LogP contribution in [0.15, 0.2) is 42.5 Å². The van der Waals surface area contributed by atoms with E-state index >= 15 is 0 Å². The molecule has 1 fully saturated rings. The van der Waals surface area contributed by atoms with E-state index in [1.165, 1.54) is 0 Å². The van der Waals surface area contributed by atoms with E-state index in [0.29, 0.717) is 11.4 Å². The summed E-state index contributed by atoms with van der Waals surface area (Å²) in [6, 6.07) is 13.5. The van der Waals surface area contributed by atoms with Gasteiger partial charge in [-0.3, -0.25) is 9.69 Å². The number of piperazine rings is 1. The summed E-state index contributed by atoms with van der Waals surface area (Å²) < 4.78 is 0. The quantitative estimate of drug-likeness (QED) is 0.817. The van der Waals surface area contributed by atoms with Crippen molar-refractivity contribution in [2.24, 2.45) is 0 Å². The molecule has 0 unspecified atom stereocenters. The number of anilines is 2. The van der Waals surface area contributed by atoms with E-state index in [0.717, 1.165) is 54.7 Å². The van der Waals surface area contributed by atoms with Gasteiger partial charge in [0.1, 0.15) is 0 Å². The number of nitrogens with one attached hydrogen (secondary N) is 1. The van der Waals surface area contributed by atoms with Crippen molar-refractivity contribution in [1.82, 2.24) is 4.90 Å². The summed E-state index contributed by atoms with van der Waals surface area (Å²) in [5.74, 6) is 0.0210. The van der Waals surface area contributed by atoms with Crippen molar-refractivity contribution in [3.05, 3.63) is 58.1 Å². The van der Waals surface area contributed by atoms with Crippen LogP contribution in [0.1, 0.15) is 12.0 Å². The van der Waals surface area contributed by atoms with Gasteiger partial charge in [-0.15, -0.1) is 0 Å². The second kappa shape index (κ2) is 8.76. The van der Waals surface area contributed by atoms with Crippen LogP contribution in [0.5, 0.6) is 0 Å². The highest BCUT2D eigenvalue weighted by Crippen LogP contribution is 2.23. The zero-order valence-electron chi connectivity index (χ0n) is 14.8. The van der Waals surface area contributed by atoms with Crippen LogP contribution in [0.4, 0.5) is 11.4 Å². The number of hydrogen-bond acceptors (Lipinski definition) is 3. The molecule has 1 N–H and O–H groups in total. The molecule has 1 heterocycles. The monoisotopic (exact) mass is 391 g/mol. The van der Waals surface area contributed by atoms with Gasteiger partial charge in [0.05, 0.1) is 0 Å². The summed E-state index contributed by atoms with van der Waals surface area (Å²) in [4.78, 5) is 16.9. The number of benzene rings is 2. The van der Waals surface area contributed by atoms with Crippen LogP contribution in [0.25, 0.3) is 0 Å². The number of hydrogen-bond donors (Lipinski definition) is 1. The van der Waals surface area contributed by atoms with Crippen LogP contribution >= 0.6 is 23.2 Å². The molecule has 1 amide bonds. The Morgan fingerprint density at radius 1 is 1.08 bits per heavy atom. The number of carbonyl (C=O) groups excluding carboxylic acids is 1. The van der Waals surface area contributed by atoms with E-state index in [1.54, 1.807) is 0 Å². The van der Waals surface area contributed by atoms with Crippen molar-refractivity contribution in [2.75, 3.05) is 42.9 Å². The molecule has 1 aliphatic rings. The minimum Gasteiger partial charge on any atom is -0.369 e. The number of halogens is 2. The molecule has 3 rings (SSSR count). The van der Waals surface area contributed by atoms with E-state index in [9.17, 15) is 4.79 Å². The van der Waals surface area contributed by atoms with Gasteiger partial charge in [0.25, 0.3) is 0 Å². The molecular formula is C20H23Cl2N3O. The topological polar surface area (TPSA) is 35.6 Å². The Kier molecular flexibility index (Phi) is 6.41. The molecule has 0 bridgehead atoms. The Hall–Kier alpha value is -1.75. The third-order valence-corrected chi connectivity index (χ3v) is 5.39. The number of rotatable bonds is 5. The van der Waals surface area contributed by atoms with Gasteiger partial charge in [0.15, 0.2) is 0 Å². The maximum Gasteiger partial charge on any atom is 0.225 e. The number of carbonyl (C=O) groups is 1. The van der Waals surface area contributed by atoms with Crippen molar-refractivity contribution in [2.45, 2.75) is 13.3 Å². The smallest absolute Gasteiger partial charge is 0.225 e. The molecule has 0 radical (unpaired) electrons. The van der Waals surface area contributed by atoms with Crippen molar-refractivity contribution in [3.63, 3.8) is 0 Å². The largest absolute Gasteiger partial charge is 0.369 e. The van der Waals surface area contributed by atoms with Crippen LogP contribution in [0.3, 0.4) is 0 Å². The molecule has 2 aromatic carbocycles. The van der Waals surface area contributed by atoms with Crippen LogP contribution in [-0.4, -0.2) is 43.5 Å². The SMILES string of the molecule is Cc1c(Cl)cccc1NC(=O)CCN1CCN(c2cccc(Cl)c2)CC1. The van der Waals surface area contributed by atoms with Gasteiger partial charge in [-0.2, -0.15) is 0 Å². The molecule has 6 heteroatoms. The first-order chi connectivity index (χ1) is 12.5. The van der Waals surface area contributed by atoms with E-state index in [4.69, 9.17) is 23.2 Å². The predicted molar refractivity (Wildman–Crippen MR) is 110 cm³/mol. The fraction of sp³-hybridized carbons (Fsp3) is 0.350. The maximum absolute atomic E-state index is 12.2. The molecule has 0 aliphatic carbocycles. The number of nitrogens with zero attached hydrogens (tertiary/aromatic N) is 2. The van der Waals surface area contributed by atoms with Gasteiger partial charge in [-0.1, -0.05) is 35.3 Å². The fourth-order valence-corrected chi connectivity index (χ4v) is 3.48. The zero-order chi connectivity index (χ0) is 18.5. The first-order valence-electron chi connectivity index (χ1n) is 8.81. The lowest BCUT2D eigenvalue weighted by molar-refractivity contribution is -0.116. The van der Waals surface area contributed by atoms with Gasteiger partial charge in [0, 0.05) is 60.6 Å². The normalized spacial score (nSPS) is 15.1. The van der Waals surface area contributed by atoms with Crippen LogP contribution in [-0.2, 0) is 4.79 Å². The Bertz CT molecular complexity index is 773. The van der Waals surface area contributed by atoms with Crippen molar-refractivity contribution in [1.29, 1.82) is 0 Å². The Balaban J connectivity index is 1.45. The van der Waals surface area contributed by atoms with Crippen LogP contribution in [0, 0.1) is 6.92 Å². The fourth-order valence-electron chi connectivity index (χ4n) is 3.12. The summed E-state index contributed by atoms with van der Waals surface area (Å²) in [6.07, 6.45) is 0.475. The molecule has 0 aromatic heterocycles. The molecule has 138 valence electrons. The summed E-state index contributed by atoms with van der Waals surface area (Å²) in [7, 11) is 0. The molecule has 26 heavy (non-hydrogen) atoms. The third kappa shape index (κ3) is 4.91. The van der Waals surface area contributed by atoms with Gasteiger partial charge in [-0.25, -0.2) is 0 Å². The highest BCUT2D eigenvalue weighted by Gasteiger charge is 2.18. The third-order valence-electron chi connectivity index (χ3n) is 4.74. The molecule has 0 atom stereocenters. The molecule has 2 aromatic rings. The van der Waals surface area contributed by atoms with Gasteiger partial charge < -0.3 is 10.2 Å². The summed E-state index contributed by atoms with van der Waals surface area (Å²) in [6.45, 7) is 6.43. The second-order valence-electron chi connectivity index (χ2n) is 6.52. The standard InChI is InChI=1S/C20H23Cl2N3O/c1-15-18(22)6-3-7-19(15)23-20(26)8-9-24-10-12-25(13-11-24)17-5-2-4-16(21)14-17/h2-7,14H,8-13H2,1H3,(H,23,26). The van der Waals surface area contributed by atoms with E-state index < -0.39 is 0 Å². The zero-order valence-corrected chi connectivity index (χ0v) is 16.4. The van der Waals surface area contributed by atoms with Gasteiger partial charge in [-0.05, 0) is 42.8 Å². The van der Waals surface area contributed by atoms with E-state index in [-0.39, 0.29) is 5.91 Å². The van der Waals surface area contributed by atoms with E-state index in [2.05, 4.69) is 21.2 Å². The van der Waals surface area contributed by atoms with Crippen molar-refractivity contribution < 1.29 is 4.79 Å². The highest BCUT2D eigenvalue weighted by molar-refractivity contribution is 6.31. The molecule has 1 aliphatic heterocycles. The summed E-state index contributed by atoms with van der Waals surface area (Å²) in [5.41, 5.74) is 2.84. The lowest BCUT2D eigenvalue weighted by Crippen LogP contribution is -2.47. The summed E-state index contributed by atoms with van der Waals surface area (Å²) in [5, 5.41) is 4.38. The molecule has 0 saturated carbocycles. The minimum atomic E-state index is 0.0210. The first kappa shape index (κ1) is 19.0. The molecule has 0 spiro atoms. The lowest BCUT2D eigenvalue weighted by Gasteiger charge is -2.36. The van der Waals surface area contributed by atoms with Crippen LogP contribution in [0.2, 0.25) is 10.0 Å². The second-order valence-corrected chi connectivity index (χ2v) is 7.36. The maximum atomic E-state index is 12.2. The average molecular weight is 392 g/mol. The molecule has 4 nitrogen and oxygen atoms in total. The van der Waals surface area contributed by atoms with Gasteiger partial charge in [0.2, 0.25) is 5.91 Å². The summed E-state index contributed by atoms with van der Waals surface area (Å²) >= 11 is 12.2.